The third-order valence-electron chi connectivity index (χ3n) is 6.15. The summed E-state index contributed by atoms with van der Waals surface area (Å²) < 4.78 is 17.8. The lowest BCUT2D eigenvalue weighted by molar-refractivity contribution is -0.134. The van der Waals surface area contributed by atoms with Gasteiger partial charge in [0.15, 0.2) is 5.69 Å². The molecule has 5 aromatic rings. The Labute approximate surface area is 304 Å². The minimum absolute atomic E-state index is 0.00333. The van der Waals surface area contributed by atoms with Crippen LogP contribution in [0.15, 0.2) is 72.4 Å². The monoisotopic (exact) mass is 762 g/mol. The number of halogens is 4. The maximum Gasteiger partial charge on any atom is 0.358 e. The van der Waals surface area contributed by atoms with Crippen molar-refractivity contribution < 1.29 is 33.3 Å². The molecule has 3 heterocycles. The molecule has 0 fully saturated rings. The zero-order valence-corrected chi connectivity index (χ0v) is 29.5. The standard InChI is InChI=1S/C15H9Cl2N3O3.C12H9Cl2N3O2.C5H8O3/c1-23-15(22)10-5-18-12-11(19-6-20-13(12)14(10)21)7-2-8(16)4-9(17)3-7;1-19-12(18)11-9(15)10(16-5-17-11)6-2-7(13)4-8(14)3-6;1-7-4-3-5(6)8-2/h2-6H,1H3,(H,18,21);2-5H,15H2,1H3;3-4H,1-2H3/b;;4-3+. The smallest absolute Gasteiger partial charge is 0.358 e. The Bertz CT molecular complexity index is 2090. The van der Waals surface area contributed by atoms with Crippen LogP contribution in [0.4, 0.5) is 5.69 Å². The fourth-order valence-corrected chi connectivity index (χ4v) is 5.02. The van der Waals surface area contributed by atoms with Gasteiger partial charge in [0, 0.05) is 37.4 Å². The average Bonchev–Trinajstić information content (AvgIpc) is 3.09. The number of hydrogen-bond acceptors (Lipinski definition) is 13. The molecule has 0 spiro atoms. The lowest BCUT2D eigenvalue weighted by atomic mass is 10.1. The quantitative estimate of drug-likeness (QED) is 0.0856. The summed E-state index contributed by atoms with van der Waals surface area (Å²) >= 11 is 23.9. The number of fused-ring (bicyclic) bond motifs is 1. The van der Waals surface area contributed by atoms with Gasteiger partial charge in [-0.25, -0.2) is 34.3 Å². The maximum atomic E-state index is 12.4. The lowest BCUT2D eigenvalue weighted by Gasteiger charge is -2.08. The summed E-state index contributed by atoms with van der Waals surface area (Å²) in [5, 5.41) is 1.76. The van der Waals surface area contributed by atoms with Gasteiger partial charge in [0.05, 0.1) is 63.4 Å². The number of nitrogens with one attached hydrogen (secondary N) is 1. The number of pyridine rings is 1. The number of nitrogen functional groups attached to an aromatic ring is 1. The van der Waals surface area contributed by atoms with E-state index < -0.39 is 23.3 Å². The van der Waals surface area contributed by atoms with Crippen molar-refractivity contribution in [1.29, 1.82) is 0 Å². The first kappa shape index (κ1) is 39.2. The van der Waals surface area contributed by atoms with Crippen molar-refractivity contribution in [1.82, 2.24) is 24.9 Å². The van der Waals surface area contributed by atoms with Gasteiger partial charge < -0.3 is 29.7 Å². The molecule has 0 aliphatic rings. The van der Waals surface area contributed by atoms with Crippen LogP contribution in [0.2, 0.25) is 20.1 Å². The number of aromatic nitrogens is 5. The molecule has 3 aromatic heterocycles. The van der Waals surface area contributed by atoms with Gasteiger partial charge in [-0.1, -0.05) is 46.4 Å². The Hall–Kier alpha value is -5.28. The summed E-state index contributed by atoms with van der Waals surface area (Å²) in [7, 11) is 5.22. The predicted molar refractivity (Wildman–Crippen MR) is 188 cm³/mol. The molecule has 5 rings (SSSR count). The van der Waals surface area contributed by atoms with Crippen LogP contribution < -0.4 is 11.2 Å². The zero-order chi connectivity index (χ0) is 37.0. The molecule has 3 N–H and O–H groups in total. The van der Waals surface area contributed by atoms with Crippen molar-refractivity contribution in [2.45, 2.75) is 0 Å². The summed E-state index contributed by atoms with van der Waals surface area (Å²) in [6.45, 7) is 0. The molecule has 260 valence electrons. The van der Waals surface area contributed by atoms with E-state index in [1.807, 2.05) is 0 Å². The minimum atomic E-state index is -0.737. The molecule has 0 saturated carbocycles. The number of aromatic amines is 1. The molecule has 0 aliphatic heterocycles. The van der Waals surface area contributed by atoms with Crippen molar-refractivity contribution >= 4 is 81.0 Å². The van der Waals surface area contributed by atoms with E-state index in [1.165, 1.54) is 59.6 Å². The van der Waals surface area contributed by atoms with E-state index in [2.05, 4.69) is 43.9 Å². The number of rotatable bonds is 6. The summed E-state index contributed by atoms with van der Waals surface area (Å²) in [5.74, 6) is -1.78. The summed E-state index contributed by atoms with van der Waals surface area (Å²) in [6.07, 6.45) is 6.19. The fraction of sp³-hybridized carbons (Fsp3) is 0.125. The molecule has 0 atom stereocenters. The normalized spacial score (nSPS) is 10.3. The van der Waals surface area contributed by atoms with Crippen LogP contribution in [0.1, 0.15) is 20.8 Å². The Morgan fingerprint density at radius 1 is 0.720 bits per heavy atom. The van der Waals surface area contributed by atoms with Gasteiger partial charge in [0.1, 0.15) is 23.7 Å². The number of methoxy groups -OCH3 is 4. The van der Waals surface area contributed by atoms with Crippen LogP contribution in [-0.2, 0) is 23.7 Å². The zero-order valence-electron chi connectivity index (χ0n) is 26.5. The highest BCUT2D eigenvalue weighted by atomic mass is 35.5. The number of benzene rings is 2. The summed E-state index contributed by atoms with van der Waals surface area (Å²) in [5.41, 5.74) is 7.84. The topological polar surface area (TPSA) is 199 Å². The van der Waals surface area contributed by atoms with Crippen LogP contribution in [0.5, 0.6) is 0 Å². The predicted octanol–water partition coefficient (Wildman–Crippen LogP) is 6.22. The van der Waals surface area contributed by atoms with Crippen LogP contribution in [0.3, 0.4) is 0 Å². The third kappa shape index (κ3) is 10.1. The van der Waals surface area contributed by atoms with Crippen molar-refractivity contribution in [2.75, 3.05) is 34.2 Å². The van der Waals surface area contributed by atoms with Crippen molar-refractivity contribution in [3.8, 4) is 22.5 Å². The van der Waals surface area contributed by atoms with Crippen molar-refractivity contribution in [2.24, 2.45) is 0 Å². The molecular weight excluding hydrogens is 738 g/mol. The van der Waals surface area contributed by atoms with Crippen molar-refractivity contribution in [3.05, 3.63) is 109 Å². The SMILES string of the molecule is CO/C=C/C(=O)OC.COC(=O)c1c[nH]c2c(-c3cc(Cl)cc(Cl)c3)ncnc2c1=O.COC(=O)c1ncnc(-c2cc(Cl)cc(Cl)c2)c1N. The molecule has 0 bridgehead atoms. The van der Waals surface area contributed by atoms with E-state index in [0.717, 1.165) is 0 Å². The number of nitrogens with zero attached hydrogens (tertiary/aromatic N) is 4. The molecule has 14 nitrogen and oxygen atoms in total. The lowest BCUT2D eigenvalue weighted by Crippen LogP contribution is -2.18. The highest BCUT2D eigenvalue weighted by Gasteiger charge is 2.18. The molecule has 2 aromatic carbocycles. The van der Waals surface area contributed by atoms with Gasteiger partial charge in [-0.05, 0) is 36.4 Å². The number of H-pyrrole nitrogens is 1. The van der Waals surface area contributed by atoms with E-state index in [-0.39, 0.29) is 22.5 Å². The second-order valence-corrected chi connectivity index (χ2v) is 11.1. The fourth-order valence-electron chi connectivity index (χ4n) is 3.97. The Morgan fingerprint density at radius 2 is 1.24 bits per heavy atom. The molecule has 0 radical (unpaired) electrons. The Morgan fingerprint density at radius 3 is 1.76 bits per heavy atom. The number of nitrogens with two attached hydrogens (primary N) is 1. The Kier molecular flexibility index (Phi) is 14.5. The molecular formula is C32H26Cl4N6O8. The van der Waals surface area contributed by atoms with Crippen LogP contribution >= 0.6 is 46.4 Å². The van der Waals surface area contributed by atoms with Gasteiger partial charge in [0.2, 0.25) is 5.43 Å². The first-order chi connectivity index (χ1) is 23.8. The molecule has 0 unspecified atom stereocenters. The first-order valence-corrected chi connectivity index (χ1v) is 15.2. The van der Waals surface area contributed by atoms with Gasteiger partial charge >= 0.3 is 17.9 Å². The number of ether oxygens (including phenoxy) is 4. The molecule has 0 amide bonds. The van der Waals surface area contributed by atoms with Gasteiger partial charge in [-0.2, -0.15) is 0 Å². The van der Waals surface area contributed by atoms with Crippen LogP contribution in [-0.4, -0.2) is 71.3 Å². The number of carbonyl (C=O) groups excluding carboxylic acids is 3. The second-order valence-electron chi connectivity index (χ2n) is 9.32. The van der Waals surface area contributed by atoms with E-state index in [1.54, 1.807) is 36.4 Å². The van der Waals surface area contributed by atoms with E-state index in [9.17, 15) is 19.2 Å². The number of carbonyl (C=O) groups is 3. The minimum Gasteiger partial charge on any atom is -0.504 e. The largest absolute Gasteiger partial charge is 0.504 e. The highest BCUT2D eigenvalue weighted by Crippen LogP contribution is 2.31. The van der Waals surface area contributed by atoms with Gasteiger partial charge in [-0.15, -0.1) is 0 Å². The van der Waals surface area contributed by atoms with E-state index in [0.29, 0.717) is 48.1 Å². The van der Waals surface area contributed by atoms with Crippen LogP contribution in [0, 0.1) is 0 Å². The third-order valence-corrected chi connectivity index (χ3v) is 7.02. The summed E-state index contributed by atoms with van der Waals surface area (Å²) in [4.78, 5) is 64.5. The second kappa shape index (κ2) is 18.5. The number of anilines is 1. The Balaban J connectivity index is 0.000000226. The van der Waals surface area contributed by atoms with E-state index >= 15 is 0 Å². The maximum absolute atomic E-state index is 12.4. The first-order valence-electron chi connectivity index (χ1n) is 13.7. The summed E-state index contributed by atoms with van der Waals surface area (Å²) in [6, 6.07) is 9.81. The highest BCUT2D eigenvalue weighted by molar-refractivity contribution is 6.35. The van der Waals surface area contributed by atoms with Gasteiger partial charge in [-0.3, -0.25) is 4.79 Å². The number of esters is 3. The van der Waals surface area contributed by atoms with Gasteiger partial charge in [0.25, 0.3) is 0 Å². The van der Waals surface area contributed by atoms with E-state index in [4.69, 9.17) is 52.1 Å². The molecule has 0 saturated heterocycles. The molecule has 0 aliphatic carbocycles. The van der Waals surface area contributed by atoms with Crippen molar-refractivity contribution in [3.63, 3.8) is 0 Å². The molecule has 50 heavy (non-hydrogen) atoms. The van der Waals surface area contributed by atoms with Crippen LogP contribution in [0.25, 0.3) is 33.5 Å². The average molecular weight is 764 g/mol. The number of hydrogen-bond donors (Lipinski definition) is 2. The molecule has 18 heteroatoms.